The quantitative estimate of drug-likeness (QED) is 0.367. The maximum Gasteiger partial charge on any atom is 0.240 e. The lowest BCUT2D eigenvalue weighted by molar-refractivity contribution is -0.122. The summed E-state index contributed by atoms with van der Waals surface area (Å²) >= 11 is 0. The highest BCUT2D eigenvalue weighted by atomic mass is 127. The van der Waals surface area contributed by atoms with E-state index in [9.17, 15) is 4.79 Å². The second-order valence-corrected chi connectivity index (χ2v) is 7.83. The summed E-state index contributed by atoms with van der Waals surface area (Å²) in [5, 5.41) is 6.28. The van der Waals surface area contributed by atoms with Crippen molar-refractivity contribution in [2.24, 2.45) is 4.99 Å². The number of likely N-dealkylation sites (N-methyl/N-ethyl adjacent to an activating group) is 1. The Kier molecular flexibility index (Phi) is 9.35. The third-order valence-electron chi connectivity index (χ3n) is 4.22. The van der Waals surface area contributed by atoms with Crippen LogP contribution in [0.2, 0.25) is 0 Å². The zero-order valence-electron chi connectivity index (χ0n) is 17.0. The van der Waals surface area contributed by atoms with E-state index in [1.54, 1.807) is 7.05 Å². The standard InChI is InChI=1S/C20H32N4O2.HI/c1-20(2,3)23-18(25)14-24(5)19(21-4)22-13-15-9-6-7-12-17(15)26-16-10-8-11-16;/h6-7,9,12,16H,8,10-11,13-14H2,1-5H3,(H,21,22)(H,23,25);1H. The van der Waals surface area contributed by atoms with Crippen molar-refractivity contribution in [2.75, 3.05) is 20.6 Å². The SMILES string of the molecule is CN=C(NCc1ccccc1OC1CCC1)N(C)CC(=O)NC(C)(C)C.I. The Morgan fingerprint density at radius 1 is 1.30 bits per heavy atom. The smallest absolute Gasteiger partial charge is 0.240 e. The van der Waals surface area contributed by atoms with E-state index in [0.717, 1.165) is 24.2 Å². The third-order valence-corrected chi connectivity index (χ3v) is 4.22. The van der Waals surface area contributed by atoms with Gasteiger partial charge in [0.2, 0.25) is 5.91 Å². The number of hydrogen-bond acceptors (Lipinski definition) is 3. The van der Waals surface area contributed by atoms with Crippen molar-refractivity contribution in [1.29, 1.82) is 0 Å². The second kappa shape index (κ2) is 10.7. The van der Waals surface area contributed by atoms with Crippen molar-refractivity contribution in [3.8, 4) is 5.75 Å². The highest BCUT2D eigenvalue weighted by Gasteiger charge is 2.20. The number of halogens is 1. The molecule has 1 aromatic rings. The van der Waals surface area contributed by atoms with Crippen LogP contribution < -0.4 is 15.4 Å². The Bertz CT molecular complexity index is 639. The molecular formula is C20H33IN4O2. The molecule has 1 amide bonds. The molecule has 0 spiro atoms. The molecule has 1 aliphatic rings. The van der Waals surface area contributed by atoms with Gasteiger partial charge in [-0.05, 0) is 46.1 Å². The molecule has 0 atom stereocenters. The summed E-state index contributed by atoms with van der Waals surface area (Å²) in [6.07, 6.45) is 3.86. The predicted octanol–water partition coefficient (Wildman–Crippen LogP) is 3.16. The van der Waals surface area contributed by atoms with E-state index < -0.39 is 0 Å². The molecule has 0 bridgehead atoms. The summed E-state index contributed by atoms with van der Waals surface area (Å²) < 4.78 is 6.07. The summed E-state index contributed by atoms with van der Waals surface area (Å²) in [6.45, 7) is 6.75. The van der Waals surface area contributed by atoms with E-state index in [1.165, 1.54) is 6.42 Å². The Labute approximate surface area is 180 Å². The number of amides is 1. The van der Waals surface area contributed by atoms with Crippen LogP contribution in [0.5, 0.6) is 5.75 Å². The molecular weight excluding hydrogens is 455 g/mol. The van der Waals surface area contributed by atoms with Crippen LogP contribution in [0.25, 0.3) is 0 Å². The van der Waals surface area contributed by atoms with Gasteiger partial charge in [-0.25, -0.2) is 0 Å². The fraction of sp³-hybridized carbons (Fsp3) is 0.600. The molecule has 2 rings (SSSR count). The van der Waals surface area contributed by atoms with Crippen molar-refractivity contribution in [3.63, 3.8) is 0 Å². The van der Waals surface area contributed by atoms with Crippen molar-refractivity contribution in [3.05, 3.63) is 29.8 Å². The minimum atomic E-state index is -0.243. The lowest BCUT2D eigenvalue weighted by Gasteiger charge is -2.28. The van der Waals surface area contributed by atoms with E-state index in [1.807, 2.05) is 50.9 Å². The van der Waals surface area contributed by atoms with Crippen molar-refractivity contribution in [2.45, 2.75) is 58.2 Å². The highest BCUT2D eigenvalue weighted by Crippen LogP contribution is 2.27. The number of carbonyl (C=O) groups excluding carboxylic acids is 1. The second-order valence-electron chi connectivity index (χ2n) is 7.83. The number of para-hydroxylation sites is 1. The van der Waals surface area contributed by atoms with Crippen LogP contribution in [-0.2, 0) is 11.3 Å². The van der Waals surface area contributed by atoms with Gasteiger partial charge in [-0.3, -0.25) is 9.79 Å². The van der Waals surface area contributed by atoms with Gasteiger partial charge in [-0.15, -0.1) is 24.0 Å². The van der Waals surface area contributed by atoms with Crippen LogP contribution in [0.1, 0.15) is 45.6 Å². The van der Waals surface area contributed by atoms with Gasteiger partial charge < -0.3 is 20.3 Å². The number of nitrogens with zero attached hydrogens (tertiary/aromatic N) is 2. The maximum absolute atomic E-state index is 12.1. The number of ether oxygens (including phenoxy) is 1. The first-order chi connectivity index (χ1) is 12.3. The molecule has 6 nitrogen and oxygen atoms in total. The normalized spacial score (nSPS) is 14.6. The molecule has 0 unspecified atom stereocenters. The molecule has 0 aromatic heterocycles. The van der Waals surface area contributed by atoms with Gasteiger partial charge in [0.05, 0.1) is 12.6 Å². The van der Waals surface area contributed by atoms with Crippen LogP contribution >= 0.6 is 24.0 Å². The molecule has 27 heavy (non-hydrogen) atoms. The number of carbonyl (C=O) groups is 1. The van der Waals surface area contributed by atoms with Crippen LogP contribution in [0.3, 0.4) is 0 Å². The average Bonchev–Trinajstić information content (AvgIpc) is 2.50. The molecule has 0 aliphatic heterocycles. The van der Waals surface area contributed by atoms with E-state index in [-0.39, 0.29) is 42.0 Å². The van der Waals surface area contributed by atoms with E-state index in [2.05, 4.69) is 21.7 Å². The van der Waals surface area contributed by atoms with Gasteiger partial charge in [0.15, 0.2) is 5.96 Å². The molecule has 0 saturated heterocycles. The first-order valence-electron chi connectivity index (χ1n) is 9.26. The number of hydrogen-bond donors (Lipinski definition) is 2. The maximum atomic E-state index is 12.1. The first-order valence-corrected chi connectivity index (χ1v) is 9.26. The highest BCUT2D eigenvalue weighted by molar-refractivity contribution is 14.0. The Hall–Kier alpha value is -1.51. The number of nitrogens with one attached hydrogen (secondary N) is 2. The van der Waals surface area contributed by atoms with E-state index in [4.69, 9.17) is 4.74 Å². The average molecular weight is 488 g/mol. The first kappa shape index (κ1) is 23.5. The van der Waals surface area contributed by atoms with Crippen molar-refractivity contribution in [1.82, 2.24) is 15.5 Å². The topological polar surface area (TPSA) is 66.0 Å². The van der Waals surface area contributed by atoms with Gasteiger partial charge in [-0.1, -0.05) is 18.2 Å². The monoisotopic (exact) mass is 488 g/mol. The number of aliphatic imine (C=N–C) groups is 1. The summed E-state index contributed by atoms with van der Waals surface area (Å²) in [4.78, 5) is 18.2. The lowest BCUT2D eigenvalue weighted by Crippen LogP contribution is -2.48. The molecule has 1 aromatic carbocycles. The van der Waals surface area contributed by atoms with E-state index in [0.29, 0.717) is 18.6 Å². The van der Waals surface area contributed by atoms with Gasteiger partial charge in [0.1, 0.15) is 5.75 Å². The number of guanidine groups is 1. The van der Waals surface area contributed by atoms with Crippen LogP contribution in [0, 0.1) is 0 Å². The molecule has 2 N–H and O–H groups in total. The molecule has 0 radical (unpaired) electrons. The fourth-order valence-electron chi connectivity index (χ4n) is 2.74. The zero-order chi connectivity index (χ0) is 19.2. The summed E-state index contributed by atoms with van der Waals surface area (Å²) in [6, 6.07) is 8.07. The summed E-state index contributed by atoms with van der Waals surface area (Å²) in [7, 11) is 3.58. The third kappa shape index (κ3) is 7.94. The molecule has 0 heterocycles. The van der Waals surface area contributed by atoms with Gasteiger partial charge >= 0.3 is 0 Å². The largest absolute Gasteiger partial charge is 0.490 e. The molecule has 7 heteroatoms. The molecule has 1 saturated carbocycles. The molecule has 152 valence electrons. The number of benzene rings is 1. The summed E-state index contributed by atoms with van der Waals surface area (Å²) in [5.74, 6) is 1.57. The van der Waals surface area contributed by atoms with Gasteiger partial charge in [0, 0.05) is 31.7 Å². The summed E-state index contributed by atoms with van der Waals surface area (Å²) in [5.41, 5.74) is 0.847. The fourth-order valence-corrected chi connectivity index (χ4v) is 2.74. The Morgan fingerprint density at radius 2 is 1.96 bits per heavy atom. The van der Waals surface area contributed by atoms with Crippen LogP contribution in [0.15, 0.2) is 29.3 Å². The molecule has 1 aliphatic carbocycles. The van der Waals surface area contributed by atoms with Crippen LogP contribution in [-0.4, -0.2) is 49.0 Å². The molecule has 1 fully saturated rings. The van der Waals surface area contributed by atoms with Crippen molar-refractivity contribution < 1.29 is 9.53 Å². The van der Waals surface area contributed by atoms with Crippen LogP contribution in [0.4, 0.5) is 0 Å². The van der Waals surface area contributed by atoms with E-state index >= 15 is 0 Å². The minimum Gasteiger partial charge on any atom is -0.490 e. The van der Waals surface area contributed by atoms with Crippen molar-refractivity contribution >= 4 is 35.8 Å². The Morgan fingerprint density at radius 3 is 2.52 bits per heavy atom. The zero-order valence-corrected chi connectivity index (χ0v) is 19.4. The van der Waals surface area contributed by atoms with Gasteiger partial charge in [-0.2, -0.15) is 0 Å². The number of rotatable bonds is 6. The van der Waals surface area contributed by atoms with Gasteiger partial charge in [0.25, 0.3) is 0 Å². The Balaban J connectivity index is 0.00000364. The minimum absolute atomic E-state index is 0. The lowest BCUT2D eigenvalue weighted by atomic mass is 9.96. The predicted molar refractivity (Wildman–Crippen MR) is 121 cm³/mol.